The smallest absolute Gasteiger partial charge is 0.276 e. The molecule has 50 heavy (non-hydrogen) atoms. The second-order valence-corrected chi connectivity index (χ2v) is 18.2. The minimum absolute atomic E-state index is 0.147. The number of aryl methyl sites for hydroxylation is 1. The highest BCUT2D eigenvalue weighted by molar-refractivity contribution is 7.89. The van der Waals surface area contributed by atoms with E-state index >= 15 is 0 Å². The Morgan fingerprint density at radius 2 is 1.26 bits per heavy atom. The summed E-state index contributed by atoms with van der Waals surface area (Å²) in [5.41, 5.74) is -1.40. The Labute approximate surface area is 300 Å². The summed E-state index contributed by atoms with van der Waals surface area (Å²) in [5, 5.41) is 15.5. The molecular weight excluding hydrogens is 677 g/mol. The third kappa shape index (κ3) is 11.8. The number of nitro benzene ring substituents is 1. The standard InChI is InChI=1S/C37H58N4O7S2/c1-7-8-9-10-11-12-13-14-15-16-17-18-19-26-48-32-21-24-33(25-22-32)50(46,47)41-36(3,4)28-31(29-37(41,5)6)38-39-49(44,45)34-23-20-30(2)35(27-34)40(42)43/h20-25,27,39H,7-19,26,28-29H2,1-6H3. The topological polar surface area (TPSA) is 148 Å². The van der Waals surface area contributed by atoms with Gasteiger partial charge < -0.3 is 4.74 Å². The maximum absolute atomic E-state index is 14.0. The zero-order valence-corrected chi connectivity index (χ0v) is 32.5. The molecule has 0 unspecified atom stereocenters. The second kappa shape index (κ2) is 18.5. The highest BCUT2D eigenvalue weighted by Gasteiger charge is 2.51. The van der Waals surface area contributed by atoms with Crippen molar-refractivity contribution in [2.45, 2.75) is 159 Å². The van der Waals surface area contributed by atoms with Crippen LogP contribution in [0.5, 0.6) is 5.75 Å². The molecule has 3 rings (SSSR count). The molecule has 0 saturated carbocycles. The first-order valence-electron chi connectivity index (χ1n) is 18.1. The number of nitro groups is 1. The number of piperidine rings is 1. The summed E-state index contributed by atoms with van der Waals surface area (Å²) in [6, 6.07) is 10.2. The van der Waals surface area contributed by atoms with Crippen LogP contribution in [0.25, 0.3) is 0 Å². The van der Waals surface area contributed by atoms with Crippen LogP contribution in [0.1, 0.15) is 136 Å². The molecule has 0 spiro atoms. The van der Waals surface area contributed by atoms with E-state index in [1.165, 1.54) is 94.0 Å². The van der Waals surface area contributed by atoms with Gasteiger partial charge in [0.25, 0.3) is 15.7 Å². The lowest BCUT2D eigenvalue weighted by Crippen LogP contribution is -2.63. The monoisotopic (exact) mass is 734 g/mol. The van der Waals surface area contributed by atoms with Crippen LogP contribution in [0.3, 0.4) is 0 Å². The van der Waals surface area contributed by atoms with Gasteiger partial charge >= 0.3 is 0 Å². The van der Waals surface area contributed by atoms with Crippen molar-refractivity contribution < 1.29 is 26.5 Å². The average molecular weight is 735 g/mol. The summed E-state index contributed by atoms with van der Waals surface area (Å²) in [4.78, 5) is 12.7. The number of nitrogens with zero attached hydrogens (tertiary/aromatic N) is 3. The third-order valence-corrected chi connectivity index (χ3v) is 12.8. The van der Waals surface area contributed by atoms with Crippen LogP contribution in [-0.2, 0) is 20.0 Å². The van der Waals surface area contributed by atoms with Crippen LogP contribution in [0.15, 0.2) is 57.4 Å². The first-order chi connectivity index (χ1) is 23.5. The van der Waals surface area contributed by atoms with Gasteiger partial charge in [0.05, 0.1) is 21.3 Å². The average Bonchev–Trinajstić information content (AvgIpc) is 3.03. The van der Waals surface area contributed by atoms with Gasteiger partial charge in [-0.2, -0.15) is 17.8 Å². The van der Waals surface area contributed by atoms with Gasteiger partial charge in [0.1, 0.15) is 5.75 Å². The van der Waals surface area contributed by atoms with Crippen molar-refractivity contribution in [2.24, 2.45) is 5.10 Å². The van der Waals surface area contributed by atoms with Crippen LogP contribution < -0.4 is 9.57 Å². The molecule has 2 aromatic carbocycles. The molecule has 1 fully saturated rings. The van der Waals surface area contributed by atoms with Gasteiger partial charge in [-0.05, 0) is 71.4 Å². The largest absolute Gasteiger partial charge is 0.494 e. The van der Waals surface area contributed by atoms with E-state index in [9.17, 15) is 26.9 Å². The van der Waals surface area contributed by atoms with E-state index in [2.05, 4.69) is 16.9 Å². The lowest BCUT2D eigenvalue weighted by Gasteiger charge is -2.51. The van der Waals surface area contributed by atoms with Crippen molar-refractivity contribution in [3.8, 4) is 5.75 Å². The zero-order valence-electron chi connectivity index (χ0n) is 30.9. The SMILES string of the molecule is CCCCCCCCCCCCCCCOc1ccc(S(=O)(=O)N2C(C)(C)CC(=NNS(=O)(=O)c3ccc(C)c([N+](=O)[O-])c3)CC2(C)C)cc1. The number of nitrogens with one attached hydrogen (secondary N) is 1. The summed E-state index contributed by atoms with van der Waals surface area (Å²) < 4.78 is 61.4. The van der Waals surface area contributed by atoms with Crippen LogP contribution in [0.4, 0.5) is 5.69 Å². The molecule has 1 N–H and O–H groups in total. The Kier molecular flexibility index (Phi) is 15.3. The molecule has 0 radical (unpaired) electrons. The van der Waals surface area contributed by atoms with Crippen LogP contribution in [0.2, 0.25) is 0 Å². The maximum Gasteiger partial charge on any atom is 0.276 e. The van der Waals surface area contributed by atoms with Crippen LogP contribution in [-0.4, -0.2) is 49.5 Å². The highest BCUT2D eigenvalue weighted by atomic mass is 32.2. The van der Waals surface area contributed by atoms with E-state index in [-0.39, 0.29) is 28.3 Å². The molecule has 0 atom stereocenters. The van der Waals surface area contributed by atoms with Gasteiger partial charge in [-0.25, -0.2) is 13.2 Å². The van der Waals surface area contributed by atoms with E-state index in [1.807, 2.05) is 0 Å². The highest BCUT2D eigenvalue weighted by Crippen LogP contribution is 2.41. The number of hydrazone groups is 1. The third-order valence-electron chi connectivity index (χ3n) is 9.26. The summed E-state index contributed by atoms with van der Waals surface area (Å²) in [7, 11) is -8.15. The summed E-state index contributed by atoms with van der Waals surface area (Å²) in [6.07, 6.45) is 17.0. The van der Waals surface area contributed by atoms with Crippen molar-refractivity contribution >= 4 is 31.4 Å². The summed E-state index contributed by atoms with van der Waals surface area (Å²) >= 11 is 0. The number of hydrogen-bond acceptors (Lipinski definition) is 8. The van der Waals surface area contributed by atoms with E-state index in [1.54, 1.807) is 52.0 Å². The molecule has 0 aliphatic carbocycles. The molecule has 280 valence electrons. The Hall–Kier alpha value is -3.03. The molecular formula is C37H58N4O7S2. The van der Waals surface area contributed by atoms with Gasteiger partial charge in [-0.15, -0.1) is 0 Å². The number of sulfonamides is 2. The minimum atomic E-state index is -4.20. The number of rotatable bonds is 21. The quantitative estimate of drug-likeness (QED) is 0.0764. The van der Waals surface area contributed by atoms with Gasteiger partial charge in [0.15, 0.2) is 0 Å². The summed E-state index contributed by atoms with van der Waals surface area (Å²) in [6.45, 7) is 11.5. The van der Waals surface area contributed by atoms with Crippen molar-refractivity contribution in [3.05, 3.63) is 58.1 Å². The lowest BCUT2D eigenvalue weighted by molar-refractivity contribution is -0.385. The molecule has 1 heterocycles. The van der Waals surface area contributed by atoms with Gasteiger partial charge in [-0.3, -0.25) is 10.1 Å². The fourth-order valence-electron chi connectivity index (χ4n) is 7.01. The van der Waals surface area contributed by atoms with Gasteiger partial charge in [-0.1, -0.05) is 90.0 Å². The van der Waals surface area contributed by atoms with Crippen molar-refractivity contribution in [2.75, 3.05) is 6.61 Å². The molecule has 11 nitrogen and oxygen atoms in total. The van der Waals surface area contributed by atoms with Crippen LogP contribution >= 0.6 is 0 Å². The Bertz CT molecular complexity index is 1630. The van der Waals surface area contributed by atoms with Crippen molar-refractivity contribution in [3.63, 3.8) is 0 Å². The van der Waals surface area contributed by atoms with Crippen LogP contribution in [0, 0.1) is 17.0 Å². The van der Waals surface area contributed by atoms with E-state index < -0.39 is 36.0 Å². The predicted molar refractivity (Wildman–Crippen MR) is 200 cm³/mol. The maximum atomic E-state index is 14.0. The second-order valence-electron chi connectivity index (χ2n) is 14.8. The first-order valence-corrected chi connectivity index (χ1v) is 21.0. The predicted octanol–water partition coefficient (Wildman–Crippen LogP) is 9.05. The van der Waals surface area contributed by atoms with Gasteiger partial charge in [0.2, 0.25) is 10.0 Å². The Balaban J connectivity index is 1.51. The molecule has 2 aromatic rings. The Morgan fingerprint density at radius 1 is 0.780 bits per heavy atom. The zero-order chi connectivity index (χ0) is 37.0. The first kappa shape index (κ1) is 41.4. The molecule has 0 bridgehead atoms. The van der Waals surface area contributed by atoms with E-state index in [4.69, 9.17) is 4.74 Å². The summed E-state index contributed by atoms with van der Waals surface area (Å²) in [5.74, 6) is 0.626. The fourth-order valence-corrected chi connectivity index (χ4v) is 10.00. The number of unbranched alkanes of at least 4 members (excludes halogenated alkanes) is 12. The number of ether oxygens (including phenoxy) is 1. The number of benzene rings is 2. The molecule has 1 aliphatic rings. The van der Waals surface area contributed by atoms with E-state index in [0.717, 1.165) is 18.9 Å². The number of hydrogen-bond donors (Lipinski definition) is 1. The molecule has 1 saturated heterocycles. The lowest BCUT2D eigenvalue weighted by atomic mass is 9.81. The van der Waals surface area contributed by atoms with Gasteiger partial charge in [0, 0.05) is 41.3 Å². The minimum Gasteiger partial charge on any atom is -0.494 e. The molecule has 0 amide bonds. The van der Waals surface area contributed by atoms with Crippen molar-refractivity contribution in [1.29, 1.82) is 0 Å². The normalized spacial score (nSPS) is 16.2. The molecule has 13 heteroatoms. The Morgan fingerprint density at radius 3 is 1.76 bits per heavy atom. The molecule has 0 aromatic heterocycles. The molecule has 1 aliphatic heterocycles. The fraction of sp³-hybridized carbons (Fsp3) is 0.649. The van der Waals surface area contributed by atoms with Crippen molar-refractivity contribution in [1.82, 2.24) is 9.14 Å². The van der Waals surface area contributed by atoms with E-state index in [0.29, 0.717) is 23.6 Å².